The van der Waals surface area contributed by atoms with Gasteiger partial charge in [-0.1, -0.05) is 25.1 Å². The second-order valence-corrected chi connectivity index (χ2v) is 7.50. The Kier molecular flexibility index (Phi) is 5.10. The summed E-state index contributed by atoms with van der Waals surface area (Å²) < 4.78 is 5.51. The minimum atomic E-state index is -0.398. The van der Waals surface area contributed by atoms with Gasteiger partial charge in [0.2, 0.25) is 0 Å². The molecule has 0 bridgehead atoms. The molecule has 1 aliphatic heterocycles. The summed E-state index contributed by atoms with van der Waals surface area (Å²) in [7, 11) is 0. The number of benzene rings is 1. The molecule has 0 radical (unpaired) electrons. The van der Waals surface area contributed by atoms with Crippen LogP contribution in [0.2, 0.25) is 0 Å². The topological polar surface area (TPSA) is 59.5 Å². The number of likely N-dealkylation sites (tertiary alicyclic amines) is 1. The number of hydrogen-bond acceptors (Lipinski definition) is 4. The average molecular weight is 366 g/mol. The van der Waals surface area contributed by atoms with Gasteiger partial charge in [-0.25, -0.2) is 4.79 Å². The Balaban J connectivity index is 1.54. The predicted octanol–water partition coefficient (Wildman–Crippen LogP) is 3.67. The number of fused-ring (bicyclic) bond motifs is 2. The van der Waals surface area contributed by atoms with Crippen molar-refractivity contribution in [1.29, 1.82) is 0 Å². The first-order valence-corrected chi connectivity index (χ1v) is 10.1. The van der Waals surface area contributed by atoms with Crippen molar-refractivity contribution < 1.29 is 14.3 Å². The van der Waals surface area contributed by atoms with Crippen LogP contribution in [0, 0.1) is 0 Å². The summed E-state index contributed by atoms with van der Waals surface area (Å²) in [5, 5.41) is 0.819. The van der Waals surface area contributed by atoms with Crippen molar-refractivity contribution in [1.82, 2.24) is 9.88 Å². The molecule has 1 aliphatic carbocycles. The zero-order chi connectivity index (χ0) is 18.8. The van der Waals surface area contributed by atoms with E-state index in [9.17, 15) is 9.59 Å². The predicted molar refractivity (Wildman–Crippen MR) is 104 cm³/mol. The SMILES string of the molecule is CC[C@H]1CCCCN1C(=O)COC(=O)c1c2c(nc3ccccc13)CCC2. The molecule has 5 nitrogen and oxygen atoms in total. The van der Waals surface area contributed by atoms with Crippen LogP contribution < -0.4 is 0 Å². The first kappa shape index (κ1) is 18.0. The summed E-state index contributed by atoms with van der Waals surface area (Å²) in [4.78, 5) is 32.2. The largest absolute Gasteiger partial charge is 0.452 e. The van der Waals surface area contributed by atoms with Gasteiger partial charge in [0.25, 0.3) is 5.91 Å². The second kappa shape index (κ2) is 7.67. The van der Waals surface area contributed by atoms with Crippen LogP contribution in [0.3, 0.4) is 0 Å². The van der Waals surface area contributed by atoms with Gasteiger partial charge in [-0.2, -0.15) is 0 Å². The Morgan fingerprint density at radius 2 is 2.04 bits per heavy atom. The molecule has 2 aliphatic rings. The summed E-state index contributed by atoms with van der Waals surface area (Å²) in [5.74, 6) is -0.477. The number of carbonyl (C=O) groups is 2. The van der Waals surface area contributed by atoms with Crippen molar-refractivity contribution in [3.63, 3.8) is 0 Å². The van der Waals surface area contributed by atoms with Crippen LogP contribution in [0.25, 0.3) is 10.9 Å². The number of para-hydroxylation sites is 1. The van der Waals surface area contributed by atoms with Crippen LogP contribution in [0.4, 0.5) is 0 Å². The highest BCUT2D eigenvalue weighted by molar-refractivity contribution is 6.05. The highest BCUT2D eigenvalue weighted by Gasteiger charge is 2.28. The van der Waals surface area contributed by atoms with Crippen molar-refractivity contribution in [2.24, 2.45) is 0 Å². The van der Waals surface area contributed by atoms with Gasteiger partial charge in [-0.05, 0) is 56.6 Å². The van der Waals surface area contributed by atoms with Crippen molar-refractivity contribution >= 4 is 22.8 Å². The summed E-state index contributed by atoms with van der Waals surface area (Å²) in [6.07, 6.45) is 6.92. The normalized spacial score (nSPS) is 19.1. The summed E-state index contributed by atoms with van der Waals surface area (Å²) in [6.45, 7) is 2.69. The van der Waals surface area contributed by atoms with E-state index < -0.39 is 5.97 Å². The molecule has 1 aromatic carbocycles. The maximum Gasteiger partial charge on any atom is 0.339 e. The van der Waals surface area contributed by atoms with Crippen LogP contribution in [0.5, 0.6) is 0 Å². The van der Waals surface area contributed by atoms with Gasteiger partial charge >= 0.3 is 5.97 Å². The summed E-state index contributed by atoms with van der Waals surface area (Å²) in [5.41, 5.74) is 3.41. The molecule has 0 saturated carbocycles. The van der Waals surface area contributed by atoms with E-state index in [0.717, 1.165) is 73.7 Å². The van der Waals surface area contributed by atoms with E-state index in [-0.39, 0.29) is 18.6 Å². The number of nitrogens with zero attached hydrogens (tertiary/aromatic N) is 2. The van der Waals surface area contributed by atoms with Gasteiger partial charge < -0.3 is 9.64 Å². The molecule has 5 heteroatoms. The lowest BCUT2D eigenvalue weighted by molar-refractivity contribution is -0.138. The molecule has 27 heavy (non-hydrogen) atoms. The molecule has 1 amide bonds. The highest BCUT2D eigenvalue weighted by Crippen LogP contribution is 2.30. The van der Waals surface area contributed by atoms with E-state index in [1.807, 2.05) is 29.2 Å². The molecular formula is C22H26N2O3. The fourth-order valence-corrected chi connectivity index (χ4v) is 4.48. The fraction of sp³-hybridized carbons (Fsp3) is 0.500. The van der Waals surface area contributed by atoms with Gasteiger partial charge in [-0.15, -0.1) is 0 Å². The summed E-state index contributed by atoms with van der Waals surface area (Å²) >= 11 is 0. The number of hydrogen-bond donors (Lipinski definition) is 0. The zero-order valence-corrected chi connectivity index (χ0v) is 15.9. The lowest BCUT2D eigenvalue weighted by Gasteiger charge is -2.35. The molecule has 142 valence electrons. The van der Waals surface area contributed by atoms with E-state index in [1.54, 1.807) is 0 Å². The Hall–Kier alpha value is -2.43. The number of pyridine rings is 1. The number of aryl methyl sites for hydroxylation is 1. The summed E-state index contributed by atoms with van der Waals surface area (Å²) in [6, 6.07) is 7.95. The van der Waals surface area contributed by atoms with E-state index in [0.29, 0.717) is 5.56 Å². The molecule has 2 heterocycles. The molecule has 0 N–H and O–H groups in total. The van der Waals surface area contributed by atoms with Crippen LogP contribution in [0.15, 0.2) is 24.3 Å². The third-order valence-electron chi connectivity index (χ3n) is 5.87. The molecule has 1 fully saturated rings. The number of piperidine rings is 1. The van der Waals surface area contributed by atoms with Crippen molar-refractivity contribution in [2.45, 2.75) is 57.9 Å². The maximum absolute atomic E-state index is 12.9. The molecule has 0 spiro atoms. The monoisotopic (exact) mass is 366 g/mol. The Morgan fingerprint density at radius 3 is 2.89 bits per heavy atom. The molecular weight excluding hydrogens is 340 g/mol. The molecule has 4 rings (SSSR count). The van der Waals surface area contributed by atoms with E-state index in [4.69, 9.17) is 9.72 Å². The fourth-order valence-electron chi connectivity index (χ4n) is 4.48. The molecule has 1 atom stereocenters. The first-order chi connectivity index (χ1) is 13.2. The third kappa shape index (κ3) is 3.43. The van der Waals surface area contributed by atoms with Gasteiger partial charge in [0, 0.05) is 23.7 Å². The smallest absolute Gasteiger partial charge is 0.339 e. The standard InChI is InChI=1S/C22H26N2O3/c1-2-15-8-5-6-13-24(15)20(25)14-27-22(26)21-16-9-3-4-11-18(16)23-19-12-7-10-17(19)21/h3-4,9,11,15H,2,5-8,10,12-14H2,1H3/t15-/m0/s1. The van der Waals surface area contributed by atoms with Crippen LogP contribution >= 0.6 is 0 Å². The van der Waals surface area contributed by atoms with Crippen molar-refractivity contribution in [3.05, 3.63) is 41.1 Å². The Bertz CT molecular complexity index is 877. The number of aromatic nitrogens is 1. The quantitative estimate of drug-likeness (QED) is 0.775. The van der Waals surface area contributed by atoms with Crippen molar-refractivity contribution in [2.75, 3.05) is 13.2 Å². The lowest BCUT2D eigenvalue weighted by atomic mass is 10.00. The highest BCUT2D eigenvalue weighted by atomic mass is 16.5. The van der Waals surface area contributed by atoms with E-state index >= 15 is 0 Å². The Morgan fingerprint density at radius 1 is 1.19 bits per heavy atom. The number of ether oxygens (including phenoxy) is 1. The van der Waals surface area contributed by atoms with Crippen LogP contribution in [0.1, 0.15) is 60.6 Å². The molecule has 0 unspecified atom stereocenters. The van der Waals surface area contributed by atoms with Crippen LogP contribution in [-0.2, 0) is 22.4 Å². The van der Waals surface area contributed by atoms with E-state index in [1.165, 1.54) is 0 Å². The van der Waals surface area contributed by atoms with Gasteiger partial charge in [-0.3, -0.25) is 9.78 Å². The molecule has 2 aromatic rings. The second-order valence-electron chi connectivity index (χ2n) is 7.50. The first-order valence-electron chi connectivity index (χ1n) is 10.1. The zero-order valence-electron chi connectivity index (χ0n) is 15.9. The van der Waals surface area contributed by atoms with Crippen LogP contribution in [-0.4, -0.2) is 41.0 Å². The maximum atomic E-state index is 12.9. The Labute approximate surface area is 159 Å². The number of esters is 1. The lowest BCUT2D eigenvalue weighted by Crippen LogP contribution is -2.45. The van der Waals surface area contributed by atoms with Crippen molar-refractivity contribution in [3.8, 4) is 0 Å². The van der Waals surface area contributed by atoms with Gasteiger partial charge in [0.15, 0.2) is 6.61 Å². The minimum absolute atomic E-state index is 0.0788. The third-order valence-corrected chi connectivity index (χ3v) is 5.87. The van der Waals surface area contributed by atoms with E-state index in [2.05, 4.69) is 6.92 Å². The van der Waals surface area contributed by atoms with Gasteiger partial charge in [0.1, 0.15) is 0 Å². The van der Waals surface area contributed by atoms with Gasteiger partial charge in [0.05, 0.1) is 11.1 Å². The molecule has 1 saturated heterocycles. The number of amides is 1. The number of rotatable bonds is 4. The average Bonchev–Trinajstić information content (AvgIpc) is 3.17. The minimum Gasteiger partial charge on any atom is -0.452 e. The molecule has 1 aromatic heterocycles. The number of carbonyl (C=O) groups excluding carboxylic acids is 2.